The normalized spacial score (nSPS) is 15.2. The lowest BCUT2D eigenvalue weighted by molar-refractivity contribution is -0.110. The van der Waals surface area contributed by atoms with Crippen molar-refractivity contribution in [2.45, 2.75) is 0 Å². The minimum Gasteiger partial charge on any atom is -0.388 e. The molecular weight excluding hydrogens is 236 g/mol. The van der Waals surface area contributed by atoms with Gasteiger partial charge in [0.2, 0.25) is 0 Å². The standard InChI is InChI=1S/C16H14N2O/c1-17-12-8-6-11(7-9-12)10-14-13-4-2-3-5-15(13)18-16(14)19/h2-10,17H,1H3,(H,18,19). The maximum absolute atomic E-state index is 12.0. The van der Waals surface area contributed by atoms with Gasteiger partial charge in [-0.25, -0.2) is 0 Å². The Kier molecular flexibility index (Phi) is 2.80. The third kappa shape index (κ3) is 2.10. The summed E-state index contributed by atoms with van der Waals surface area (Å²) < 4.78 is 0. The summed E-state index contributed by atoms with van der Waals surface area (Å²) >= 11 is 0. The first-order valence-electron chi connectivity index (χ1n) is 6.18. The maximum Gasteiger partial charge on any atom is 0.256 e. The van der Waals surface area contributed by atoms with Crippen LogP contribution in [0, 0.1) is 0 Å². The molecule has 3 nitrogen and oxygen atoms in total. The van der Waals surface area contributed by atoms with Crippen LogP contribution < -0.4 is 10.6 Å². The zero-order valence-electron chi connectivity index (χ0n) is 10.6. The van der Waals surface area contributed by atoms with E-state index in [1.165, 1.54) is 0 Å². The first-order chi connectivity index (χ1) is 9.28. The van der Waals surface area contributed by atoms with Gasteiger partial charge in [0.15, 0.2) is 0 Å². The Bertz CT molecular complexity index is 657. The molecule has 19 heavy (non-hydrogen) atoms. The molecule has 0 saturated carbocycles. The monoisotopic (exact) mass is 250 g/mol. The zero-order chi connectivity index (χ0) is 13.2. The van der Waals surface area contributed by atoms with Crippen LogP contribution >= 0.6 is 0 Å². The summed E-state index contributed by atoms with van der Waals surface area (Å²) in [4.78, 5) is 12.0. The first-order valence-corrected chi connectivity index (χ1v) is 6.18. The van der Waals surface area contributed by atoms with E-state index in [0.717, 1.165) is 22.5 Å². The number of benzene rings is 2. The molecule has 0 aromatic heterocycles. The lowest BCUT2D eigenvalue weighted by Gasteiger charge is -2.01. The number of carbonyl (C=O) groups excluding carboxylic acids is 1. The number of anilines is 2. The molecule has 0 spiro atoms. The predicted octanol–water partition coefficient (Wildman–Crippen LogP) is 3.22. The van der Waals surface area contributed by atoms with Crippen LogP contribution in [0.1, 0.15) is 11.1 Å². The molecule has 2 aromatic rings. The number of carbonyl (C=O) groups is 1. The second-order valence-electron chi connectivity index (χ2n) is 4.43. The van der Waals surface area contributed by atoms with Crippen molar-refractivity contribution >= 4 is 28.9 Å². The Hall–Kier alpha value is -2.55. The molecule has 3 rings (SSSR count). The second kappa shape index (κ2) is 4.61. The summed E-state index contributed by atoms with van der Waals surface area (Å²) in [5.41, 5.74) is 4.63. The summed E-state index contributed by atoms with van der Waals surface area (Å²) in [7, 11) is 1.88. The fourth-order valence-electron chi connectivity index (χ4n) is 2.19. The molecule has 0 atom stereocenters. The highest BCUT2D eigenvalue weighted by molar-refractivity contribution is 6.34. The van der Waals surface area contributed by atoms with E-state index < -0.39 is 0 Å². The summed E-state index contributed by atoms with van der Waals surface area (Å²) in [6, 6.07) is 15.7. The average Bonchev–Trinajstić information content (AvgIpc) is 2.76. The van der Waals surface area contributed by atoms with Crippen molar-refractivity contribution in [3.63, 3.8) is 0 Å². The quantitative estimate of drug-likeness (QED) is 0.803. The molecule has 0 unspecified atom stereocenters. The molecule has 1 aliphatic rings. The number of nitrogens with one attached hydrogen (secondary N) is 2. The van der Waals surface area contributed by atoms with Gasteiger partial charge in [0.05, 0.1) is 0 Å². The van der Waals surface area contributed by atoms with Gasteiger partial charge in [-0.1, -0.05) is 30.3 Å². The van der Waals surface area contributed by atoms with E-state index >= 15 is 0 Å². The highest BCUT2D eigenvalue weighted by Gasteiger charge is 2.22. The van der Waals surface area contributed by atoms with Crippen molar-refractivity contribution in [2.75, 3.05) is 17.7 Å². The number of rotatable bonds is 2. The van der Waals surface area contributed by atoms with Gasteiger partial charge in [-0.2, -0.15) is 0 Å². The van der Waals surface area contributed by atoms with Crippen LogP contribution in [-0.4, -0.2) is 13.0 Å². The van der Waals surface area contributed by atoms with Crippen molar-refractivity contribution in [1.82, 2.24) is 0 Å². The van der Waals surface area contributed by atoms with Crippen LogP contribution in [0.4, 0.5) is 11.4 Å². The van der Waals surface area contributed by atoms with Gasteiger partial charge in [0.1, 0.15) is 0 Å². The molecule has 94 valence electrons. The predicted molar refractivity (Wildman–Crippen MR) is 78.9 cm³/mol. The molecule has 2 N–H and O–H groups in total. The molecule has 0 saturated heterocycles. The molecule has 0 aliphatic carbocycles. The number of fused-ring (bicyclic) bond motifs is 1. The molecule has 2 aromatic carbocycles. The highest BCUT2D eigenvalue weighted by Crippen LogP contribution is 2.32. The van der Waals surface area contributed by atoms with Crippen LogP contribution in [0.5, 0.6) is 0 Å². The number of hydrogen-bond donors (Lipinski definition) is 2. The fourth-order valence-corrected chi connectivity index (χ4v) is 2.19. The number of para-hydroxylation sites is 1. The van der Waals surface area contributed by atoms with Crippen LogP contribution in [-0.2, 0) is 4.79 Å². The second-order valence-corrected chi connectivity index (χ2v) is 4.43. The van der Waals surface area contributed by atoms with Gasteiger partial charge in [-0.15, -0.1) is 0 Å². The van der Waals surface area contributed by atoms with Crippen molar-refractivity contribution in [3.8, 4) is 0 Å². The Morgan fingerprint density at radius 1 is 1.05 bits per heavy atom. The minimum absolute atomic E-state index is 0.0427. The SMILES string of the molecule is CNc1ccc(C=C2C(=O)Nc3ccccc32)cc1. The van der Waals surface area contributed by atoms with Gasteiger partial charge >= 0.3 is 0 Å². The van der Waals surface area contributed by atoms with Gasteiger partial charge in [-0.05, 0) is 29.8 Å². The third-order valence-electron chi connectivity index (χ3n) is 3.22. The van der Waals surface area contributed by atoms with Crippen LogP contribution in [0.25, 0.3) is 11.6 Å². The minimum atomic E-state index is -0.0427. The fraction of sp³-hybridized carbons (Fsp3) is 0.0625. The summed E-state index contributed by atoms with van der Waals surface area (Å²) in [5, 5.41) is 5.94. The lowest BCUT2D eigenvalue weighted by atomic mass is 10.0. The van der Waals surface area contributed by atoms with Crippen molar-refractivity contribution in [1.29, 1.82) is 0 Å². The number of amides is 1. The van der Waals surface area contributed by atoms with E-state index in [2.05, 4.69) is 10.6 Å². The molecule has 1 aliphatic heterocycles. The lowest BCUT2D eigenvalue weighted by Crippen LogP contribution is -2.03. The van der Waals surface area contributed by atoms with Crippen LogP contribution in [0.3, 0.4) is 0 Å². The third-order valence-corrected chi connectivity index (χ3v) is 3.22. The summed E-state index contributed by atoms with van der Waals surface area (Å²) in [6.45, 7) is 0. The van der Waals surface area contributed by atoms with Crippen LogP contribution in [0.15, 0.2) is 48.5 Å². The number of hydrogen-bond acceptors (Lipinski definition) is 2. The van der Waals surface area contributed by atoms with E-state index in [0.29, 0.717) is 5.57 Å². The van der Waals surface area contributed by atoms with Gasteiger partial charge < -0.3 is 10.6 Å². The van der Waals surface area contributed by atoms with E-state index in [1.807, 2.05) is 61.7 Å². The Labute approximate surface area is 112 Å². The van der Waals surface area contributed by atoms with Crippen molar-refractivity contribution in [2.24, 2.45) is 0 Å². The van der Waals surface area contributed by atoms with E-state index in [1.54, 1.807) is 0 Å². The van der Waals surface area contributed by atoms with Crippen molar-refractivity contribution < 1.29 is 4.79 Å². The summed E-state index contributed by atoms with van der Waals surface area (Å²) in [6.07, 6.45) is 1.92. The Balaban J connectivity index is 2.01. The first kappa shape index (κ1) is 11.5. The van der Waals surface area contributed by atoms with Gasteiger partial charge in [0.25, 0.3) is 5.91 Å². The Morgan fingerprint density at radius 2 is 1.79 bits per heavy atom. The smallest absolute Gasteiger partial charge is 0.256 e. The molecule has 0 fully saturated rings. The maximum atomic E-state index is 12.0. The van der Waals surface area contributed by atoms with E-state index in [9.17, 15) is 4.79 Å². The Morgan fingerprint density at radius 3 is 2.53 bits per heavy atom. The molecule has 0 bridgehead atoms. The zero-order valence-corrected chi connectivity index (χ0v) is 10.6. The molecule has 1 heterocycles. The topological polar surface area (TPSA) is 41.1 Å². The summed E-state index contributed by atoms with van der Waals surface area (Å²) in [5.74, 6) is -0.0427. The highest BCUT2D eigenvalue weighted by atomic mass is 16.2. The van der Waals surface area contributed by atoms with E-state index in [4.69, 9.17) is 0 Å². The van der Waals surface area contributed by atoms with Crippen LogP contribution in [0.2, 0.25) is 0 Å². The largest absolute Gasteiger partial charge is 0.388 e. The van der Waals surface area contributed by atoms with Gasteiger partial charge in [0, 0.05) is 29.6 Å². The molecular formula is C16H14N2O. The molecule has 3 heteroatoms. The average molecular weight is 250 g/mol. The molecule has 0 radical (unpaired) electrons. The van der Waals surface area contributed by atoms with Crippen molar-refractivity contribution in [3.05, 3.63) is 59.7 Å². The van der Waals surface area contributed by atoms with Gasteiger partial charge in [-0.3, -0.25) is 4.79 Å². The van der Waals surface area contributed by atoms with E-state index in [-0.39, 0.29) is 5.91 Å². The molecule has 1 amide bonds.